The van der Waals surface area contributed by atoms with Gasteiger partial charge in [0.15, 0.2) is 0 Å². The smallest absolute Gasteiger partial charge is 0.127 e. The maximum absolute atomic E-state index is 5.64. The highest BCUT2D eigenvalue weighted by Gasteiger charge is 2.13. The fraction of sp³-hybridized carbons (Fsp3) is 0.286. The van der Waals surface area contributed by atoms with E-state index in [9.17, 15) is 0 Å². The monoisotopic (exact) mass is 227 g/mol. The molecule has 0 atom stereocenters. The van der Waals surface area contributed by atoms with E-state index in [1.807, 2.05) is 0 Å². The number of nitrogens with two attached hydrogens (primary N) is 1. The van der Waals surface area contributed by atoms with E-state index in [1.54, 1.807) is 6.07 Å². The van der Waals surface area contributed by atoms with E-state index in [-0.39, 0.29) is 5.41 Å². The van der Waals surface area contributed by atoms with Gasteiger partial charge in [0.25, 0.3) is 0 Å². The van der Waals surface area contributed by atoms with Gasteiger partial charge in [0.2, 0.25) is 0 Å². The van der Waals surface area contributed by atoms with Crippen molar-refractivity contribution in [1.82, 2.24) is 9.97 Å². The highest BCUT2D eigenvalue weighted by atomic mass is 14.9. The summed E-state index contributed by atoms with van der Waals surface area (Å²) in [7, 11) is 0. The molecule has 0 spiro atoms. The van der Waals surface area contributed by atoms with Crippen molar-refractivity contribution in [2.24, 2.45) is 0 Å². The van der Waals surface area contributed by atoms with E-state index >= 15 is 0 Å². The zero-order valence-corrected chi connectivity index (χ0v) is 10.4. The Balaban J connectivity index is 2.36. The SMILES string of the molecule is CC(C)(C)c1ccc(-c2cc(N)ncn2)cc1. The number of rotatable bonds is 1. The molecule has 0 aliphatic heterocycles. The summed E-state index contributed by atoms with van der Waals surface area (Å²) >= 11 is 0. The van der Waals surface area contributed by atoms with Gasteiger partial charge in [-0.1, -0.05) is 45.0 Å². The van der Waals surface area contributed by atoms with Crippen molar-refractivity contribution in [3.63, 3.8) is 0 Å². The average molecular weight is 227 g/mol. The minimum absolute atomic E-state index is 0.170. The predicted octanol–water partition coefficient (Wildman–Crippen LogP) is 3.02. The van der Waals surface area contributed by atoms with E-state index in [4.69, 9.17) is 5.73 Å². The fourth-order valence-corrected chi connectivity index (χ4v) is 1.67. The van der Waals surface area contributed by atoms with Crippen molar-refractivity contribution in [1.29, 1.82) is 0 Å². The Kier molecular flexibility index (Phi) is 2.84. The zero-order valence-electron chi connectivity index (χ0n) is 10.4. The Hall–Kier alpha value is -1.90. The van der Waals surface area contributed by atoms with Crippen LogP contribution in [-0.4, -0.2) is 9.97 Å². The molecule has 0 radical (unpaired) electrons. The minimum Gasteiger partial charge on any atom is -0.384 e. The van der Waals surface area contributed by atoms with Gasteiger partial charge in [-0.05, 0) is 11.0 Å². The first kappa shape index (κ1) is 11.6. The summed E-state index contributed by atoms with van der Waals surface area (Å²) in [6.45, 7) is 6.60. The molecule has 1 aromatic heterocycles. The molecule has 3 heteroatoms. The highest BCUT2D eigenvalue weighted by Crippen LogP contribution is 2.25. The number of benzene rings is 1. The average Bonchev–Trinajstić information content (AvgIpc) is 2.28. The van der Waals surface area contributed by atoms with Crippen molar-refractivity contribution in [2.75, 3.05) is 5.73 Å². The molecular weight excluding hydrogens is 210 g/mol. The molecule has 2 rings (SSSR count). The number of hydrogen-bond acceptors (Lipinski definition) is 3. The molecule has 0 aliphatic carbocycles. The molecule has 0 unspecified atom stereocenters. The van der Waals surface area contributed by atoms with Crippen LogP contribution in [0.3, 0.4) is 0 Å². The summed E-state index contributed by atoms with van der Waals surface area (Å²) in [5.41, 5.74) is 9.04. The van der Waals surface area contributed by atoms with Crippen molar-refractivity contribution >= 4 is 5.82 Å². The van der Waals surface area contributed by atoms with Gasteiger partial charge in [0, 0.05) is 11.6 Å². The van der Waals surface area contributed by atoms with Crippen LogP contribution in [0.4, 0.5) is 5.82 Å². The molecule has 3 nitrogen and oxygen atoms in total. The molecule has 1 aromatic carbocycles. The summed E-state index contributed by atoms with van der Waals surface area (Å²) in [4.78, 5) is 8.10. The molecule has 0 fully saturated rings. The first-order valence-electron chi connectivity index (χ1n) is 5.65. The first-order valence-corrected chi connectivity index (χ1v) is 5.65. The third-order valence-corrected chi connectivity index (χ3v) is 2.73. The largest absolute Gasteiger partial charge is 0.384 e. The van der Waals surface area contributed by atoms with Crippen molar-refractivity contribution in [2.45, 2.75) is 26.2 Å². The Morgan fingerprint density at radius 2 is 1.65 bits per heavy atom. The molecule has 0 amide bonds. The third kappa shape index (κ3) is 2.61. The molecule has 0 saturated heterocycles. The molecule has 0 bridgehead atoms. The van der Waals surface area contributed by atoms with Crippen molar-refractivity contribution in [3.8, 4) is 11.3 Å². The van der Waals surface area contributed by atoms with Crippen LogP contribution in [0.5, 0.6) is 0 Å². The summed E-state index contributed by atoms with van der Waals surface area (Å²) < 4.78 is 0. The lowest BCUT2D eigenvalue weighted by molar-refractivity contribution is 0.590. The number of aromatic nitrogens is 2. The lowest BCUT2D eigenvalue weighted by Crippen LogP contribution is -2.10. The van der Waals surface area contributed by atoms with Crippen LogP contribution < -0.4 is 5.73 Å². The van der Waals surface area contributed by atoms with Crippen LogP contribution in [-0.2, 0) is 5.41 Å². The maximum atomic E-state index is 5.64. The van der Waals surface area contributed by atoms with E-state index < -0.39 is 0 Å². The second kappa shape index (κ2) is 4.17. The number of nitrogens with zero attached hydrogens (tertiary/aromatic N) is 2. The summed E-state index contributed by atoms with van der Waals surface area (Å²) in [5, 5.41) is 0. The van der Waals surface area contributed by atoms with Gasteiger partial charge in [0.05, 0.1) is 5.69 Å². The van der Waals surface area contributed by atoms with Crippen LogP contribution in [0.15, 0.2) is 36.7 Å². The Labute approximate surface area is 102 Å². The Morgan fingerprint density at radius 1 is 1.00 bits per heavy atom. The molecule has 1 heterocycles. The van der Waals surface area contributed by atoms with Gasteiger partial charge in [-0.3, -0.25) is 0 Å². The van der Waals surface area contributed by atoms with Gasteiger partial charge >= 0.3 is 0 Å². The number of nitrogen functional groups attached to an aromatic ring is 1. The molecule has 0 aliphatic rings. The second-order valence-electron chi connectivity index (χ2n) is 5.16. The number of anilines is 1. The molecule has 88 valence electrons. The molecule has 2 aromatic rings. The van der Waals surface area contributed by atoms with Gasteiger partial charge < -0.3 is 5.73 Å². The predicted molar refractivity (Wildman–Crippen MR) is 70.6 cm³/mol. The Bertz CT molecular complexity index is 510. The lowest BCUT2D eigenvalue weighted by Gasteiger charge is -2.19. The van der Waals surface area contributed by atoms with E-state index in [1.165, 1.54) is 11.9 Å². The maximum Gasteiger partial charge on any atom is 0.127 e. The Morgan fingerprint density at radius 3 is 2.18 bits per heavy atom. The van der Waals surface area contributed by atoms with Gasteiger partial charge in [-0.15, -0.1) is 0 Å². The van der Waals surface area contributed by atoms with E-state index in [2.05, 4.69) is 55.0 Å². The lowest BCUT2D eigenvalue weighted by atomic mass is 9.86. The van der Waals surface area contributed by atoms with Crippen molar-refractivity contribution < 1.29 is 0 Å². The molecule has 17 heavy (non-hydrogen) atoms. The molecular formula is C14H17N3. The summed E-state index contributed by atoms with van der Waals surface area (Å²) in [6, 6.07) is 10.2. The molecule has 0 saturated carbocycles. The third-order valence-electron chi connectivity index (χ3n) is 2.73. The second-order valence-corrected chi connectivity index (χ2v) is 5.16. The quantitative estimate of drug-likeness (QED) is 0.814. The standard InChI is InChI=1S/C14H17N3/c1-14(2,3)11-6-4-10(5-7-11)12-8-13(15)17-9-16-12/h4-9H,1-3H3,(H2,15,16,17). The van der Waals surface area contributed by atoms with Crippen molar-refractivity contribution in [3.05, 3.63) is 42.2 Å². The van der Waals surface area contributed by atoms with Crippen LogP contribution in [0, 0.1) is 0 Å². The fourth-order valence-electron chi connectivity index (χ4n) is 1.67. The highest BCUT2D eigenvalue weighted by molar-refractivity contribution is 5.61. The van der Waals surface area contributed by atoms with E-state index in [0.29, 0.717) is 5.82 Å². The van der Waals surface area contributed by atoms with Gasteiger partial charge in [0.1, 0.15) is 12.1 Å². The topological polar surface area (TPSA) is 51.8 Å². The van der Waals surface area contributed by atoms with Gasteiger partial charge in [-0.2, -0.15) is 0 Å². The van der Waals surface area contributed by atoms with E-state index in [0.717, 1.165) is 11.3 Å². The summed E-state index contributed by atoms with van der Waals surface area (Å²) in [5.74, 6) is 0.495. The van der Waals surface area contributed by atoms with Crippen LogP contribution in [0.2, 0.25) is 0 Å². The van der Waals surface area contributed by atoms with Gasteiger partial charge in [-0.25, -0.2) is 9.97 Å². The zero-order chi connectivity index (χ0) is 12.5. The minimum atomic E-state index is 0.170. The van der Waals surface area contributed by atoms with Crippen LogP contribution >= 0.6 is 0 Å². The van der Waals surface area contributed by atoms with Crippen LogP contribution in [0.25, 0.3) is 11.3 Å². The number of hydrogen-bond donors (Lipinski definition) is 1. The normalized spacial score (nSPS) is 11.5. The van der Waals surface area contributed by atoms with Crippen LogP contribution in [0.1, 0.15) is 26.3 Å². The summed E-state index contributed by atoms with van der Waals surface area (Å²) in [6.07, 6.45) is 1.49. The first-order chi connectivity index (χ1) is 7.97. The molecule has 2 N–H and O–H groups in total.